The second-order valence-corrected chi connectivity index (χ2v) is 8.67. The molecule has 0 aliphatic carbocycles. The zero-order valence-electron chi connectivity index (χ0n) is 12.6. The molecule has 0 bridgehead atoms. The molecule has 124 valence electrons. The van der Waals surface area contributed by atoms with Crippen LogP contribution in [0.2, 0.25) is 0 Å². The Balaban J connectivity index is 1.61. The number of carboxylic acid groups (broad SMARTS) is 1. The van der Waals surface area contributed by atoms with Gasteiger partial charge < -0.3 is 10.4 Å². The number of benzene rings is 1. The number of halogens is 1. The molecule has 0 radical (unpaired) electrons. The molecule has 0 aliphatic heterocycles. The summed E-state index contributed by atoms with van der Waals surface area (Å²) in [5, 5.41) is 17.0. The number of nitrogens with zero attached hydrogens (tertiary/aromatic N) is 1. The van der Waals surface area contributed by atoms with Crippen molar-refractivity contribution < 1.29 is 9.90 Å². The van der Waals surface area contributed by atoms with Crippen LogP contribution in [0.5, 0.6) is 0 Å². The molecule has 8 heteroatoms. The first-order valence-electron chi connectivity index (χ1n) is 6.93. The monoisotopic (exact) mass is 440 g/mol. The van der Waals surface area contributed by atoms with Gasteiger partial charge in [0.05, 0.1) is 11.4 Å². The van der Waals surface area contributed by atoms with Gasteiger partial charge >= 0.3 is 5.97 Å². The second-order valence-electron chi connectivity index (χ2n) is 4.99. The maximum absolute atomic E-state index is 10.9. The van der Waals surface area contributed by atoms with E-state index in [2.05, 4.69) is 32.3 Å². The Hall–Kier alpha value is -1.35. The van der Waals surface area contributed by atoms with Crippen LogP contribution >= 0.6 is 50.4 Å². The van der Waals surface area contributed by atoms with Crippen LogP contribution in [0.4, 0.5) is 10.8 Å². The van der Waals surface area contributed by atoms with Crippen molar-refractivity contribution >= 4 is 67.2 Å². The number of thiazole rings is 1. The third-order valence-corrected chi connectivity index (χ3v) is 6.63. The van der Waals surface area contributed by atoms with E-state index in [1.165, 1.54) is 16.9 Å². The molecule has 0 unspecified atom stereocenters. The van der Waals surface area contributed by atoms with E-state index in [9.17, 15) is 4.79 Å². The summed E-state index contributed by atoms with van der Waals surface area (Å²) < 4.78 is 1.01. The summed E-state index contributed by atoms with van der Waals surface area (Å²) in [4.78, 5) is 16.8. The third kappa shape index (κ3) is 4.38. The number of nitrogens with one attached hydrogen (secondary N) is 1. The first kappa shape index (κ1) is 17.5. The number of hydrogen-bond donors (Lipinski definition) is 2. The van der Waals surface area contributed by atoms with Gasteiger partial charge in [0.1, 0.15) is 4.88 Å². The fourth-order valence-corrected chi connectivity index (χ4v) is 5.11. The van der Waals surface area contributed by atoms with Crippen LogP contribution in [0.25, 0.3) is 0 Å². The van der Waals surface area contributed by atoms with Crippen molar-refractivity contribution in [2.75, 3.05) is 5.32 Å². The average molecular weight is 441 g/mol. The van der Waals surface area contributed by atoms with E-state index in [0.717, 1.165) is 25.9 Å². The lowest BCUT2D eigenvalue weighted by atomic mass is 10.2. The lowest BCUT2D eigenvalue weighted by molar-refractivity contribution is 0.0702. The van der Waals surface area contributed by atoms with Crippen LogP contribution < -0.4 is 5.32 Å². The fraction of sp³-hybridized carbons (Fsp3) is 0.125. The maximum Gasteiger partial charge on any atom is 0.345 e. The molecular formula is C16H13BrN2O2S3. The summed E-state index contributed by atoms with van der Waals surface area (Å²) in [6.07, 6.45) is 0. The zero-order chi connectivity index (χ0) is 17.1. The van der Waals surface area contributed by atoms with Crippen LogP contribution in [0, 0.1) is 6.92 Å². The normalized spacial score (nSPS) is 10.8. The van der Waals surface area contributed by atoms with E-state index in [1.54, 1.807) is 29.2 Å². The summed E-state index contributed by atoms with van der Waals surface area (Å²) in [6, 6.07) is 7.83. The Morgan fingerprint density at radius 3 is 2.88 bits per heavy atom. The second kappa shape index (κ2) is 7.69. The smallest absolute Gasteiger partial charge is 0.345 e. The van der Waals surface area contributed by atoms with Gasteiger partial charge in [0.25, 0.3) is 0 Å². The molecule has 0 saturated heterocycles. The molecule has 0 spiro atoms. The van der Waals surface area contributed by atoms with E-state index in [1.807, 2.05) is 29.8 Å². The highest BCUT2D eigenvalue weighted by Gasteiger charge is 2.09. The lowest BCUT2D eigenvalue weighted by Crippen LogP contribution is -1.92. The predicted octanol–water partition coefficient (Wildman–Crippen LogP) is 6.01. The number of carbonyl (C=O) groups is 1. The number of carboxylic acids is 1. The van der Waals surface area contributed by atoms with Gasteiger partial charge in [0.15, 0.2) is 5.13 Å². The Labute approximate surface area is 160 Å². The summed E-state index contributed by atoms with van der Waals surface area (Å²) in [7, 11) is 0. The van der Waals surface area contributed by atoms with Crippen LogP contribution in [0.15, 0.2) is 44.4 Å². The van der Waals surface area contributed by atoms with Crippen molar-refractivity contribution in [1.82, 2.24) is 4.98 Å². The summed E-state index contributed by atoms with van der Waals surface area (Å²) in [5.41, 5.74) is 3.15. The van der Waals surface area contributed by atoms with Gasteiger partial charge in [-0.05, 0) is 46.6 Å². The standard InChI is InChI=1S/C16H13BrN2O2S3/c1-9-2-3-13(12(17)4-9)19-16-18-10(7-24-16)6-22-11-5-14(15(20)21)23-8-11/h2-5,7-8H,6H2,1H3,(H,18,19)(H,20,21). The van der Waals surface area contributed by atoms with Crippen LogP contribution in [0.3, 0.4) is 0 Å². The number of anilines is 2. The number of aromatic carboxylic acids is 1. The number of aromatic nitrogens is 1. The van der Waals surface area contributed by atoms with E-state index in [0.29, 0.717) is 10.6 Å². The van der Waals surface area contributed by atoms with Gasteiger partial charge in [-0.25, -0.2) is 9.78 Å². The molecular weight excluding hydrogens is 428 g/mol. The predicted molar refractivity (Wildman–Crippen MR) is 105 cm³/mol. The quantitative estimate of drug-likeness (QED) is 0.459. The van der Waals surface area contributed by atoms with E-state index in [4.69, 9.17) is 5.11 Å². The largest absolute Gasteiger partial charge is 0.477 e. The molecule has 0 atom stereocenters. The first-order chi connectivity index (χ1) is 11.5. The summed E-state index contributed by atoms with van der Waals surface area (Å²) in [5.74, 6) is -0.168. The number of hydrogen-bond acceptors (Lipinski definition) is 6. The minimum Gasteiger partial charge on any atom is -0.477 e. The van der Waals surface area contributed by atoms with E-state index >= 15 is 0 Å². The number of aryl methyl sites for hydroxylation is 1. The van der Waals surface area contributed by atoms with Gasteiger partial charge in [0, 0.05) is 25.9 Å². The highest BCUT2D eigenvalue weighted by atomic mass is 79.9. The Bertz CT molecular complexity index is 876. The van der Waals surface area contributed by atoms with E-state index in [-0.39, 0.29) is 0 Å². The Morgan fingerprint density at radius 2 is 2.17 bits per heavy atom. The van der Waals surface area contributed by atoms with Gasteiger partial charge in [-0.1, -0.05) is 6.07 Å². The highest BCUT2D eigenvalue weighted by molar-refractivity contribution is 9.10. The molecule has 24 heavy (non-hydrogen) atoms. The SMILES string of the molecule is Cc1ccc(Nc2nc(CSc3csc(C(=O)O)c3)cs2)c(Br)c1. The molecule has 2 N–H and O–H groups in total. The molecule has 1 aromatic carbocycles. The fourth-order valence-electron chi connectivity index (χ4n) is 1.93. The van der Waals surface area contributed by atoms with Crippen LogP contribution in [-0.2, 0) is 5.75 Å². The molecule has 2 aromatic heterocycles. The van der Waals surface area contributed by atoms with Gasteiger partial charge in [-0.15, -0.1) is 34.4 Å². The molecule has 2 heterocycles. The minimum absolute atomic E-state index is 0.363. The van der Waals surface area contributed by atoms with Gasteiger partial charge in [-0.2, -0.15) is 0 Å². The van der Waals surface area contributed by atoms with E-state index < -0.39 is 5.97 Å². The Morgan fingerprint density at radius 1 is 1.33 bits per heavy atom. The first-order valence-corrected chi connectivity index (χ1v) is 10.5. The molecule has 0 amide bonds. The van der Waals surface area contributed by atoms with Crippen LogP contribution in [-0.4, -0.2) is 16.1 Å². The molecule has 4 nitrogen and oxygen atoms in total. The van der Waals surface area contributed by atoms with Crippen molar-refractivity contribution in [2.24, 2.45) is 0 Å². The van der Waals surface area contributed by atoms with Crippen molar-refractivity contribution in [3.8, 4) is 0 Å². The summed E-state index contributed by atoms with van der Waals surface area (Å²) >= 11 is 7.94. The molecule has 3 rings (SSSR count). The zero-order valence-corrected chi connectivity index (χ0v) is 16.6. The highest BCUT2D eigenvalue weighted by Crippen LogP contribution is 2.31. The number of rotatable bonds is 6. The van der Waals surface area contributed by atoms with Crippen molar-refractivity contribution in [2.45, 2.75) is 17.6 Å². The number of thioether (sulfide) groups is 1. The Kier molecular flexibility index (Phi) is 5.60. The molecule has 0 saturated carbocycles. The molecule has 0 fully saturated rings. The third-order valence-electron chi connectivity index (χ3n) is 3.09. The molecule has 3 aromatic rings. The van der Waals surface area contributed by atoms with Crippen molar-refractivity contribution in [3.05, 3.63) is 55.6 Å². The average Bonchev–Trinajstić information content (AvgIpc) is 3.17. The summed E-state index contributed by atoms with van der Waals surface area (Å²) in [6.45, 7) is 2.05. The van der Waals surface area contributed by atoms with Crippen molar-refractivity contribution in [1.29, 1.82) is 0 Å². The maximum atomic E-state index is 10.9. The lowest BCUT2D eigenvalue weighted by Gasteiger charge is -2.06. The van der Waals surface area contributed by atoms with Gasteiger partial charge in [-0.3, -0.25) is 0 Å². The topological polar surface area (TPSA) is 62.2 Å². The van der Waals surface area contributed by atoms with Crippen LogP contribution in [0.1, 0.15) is 20.9 Å². The number of thiophene rings is 1. The van der Waals surface area contributed by atoms with Crippen molar-refractivity contribution in [3.63, 3.8) is 0 Å². The molecule has 0 aliphatic rings. The van der Waals surface area contributed by atoms with Gasteiger partial charge in [0.2, 0.25) is 0 Å². The minimum atomic E-state index is -0.879.